The molecule has 4 nitrogen and oxygen atoms in total. The Morgan fingerprint density at radius 3 is 2.15 bits per heavy atom. The molecule has 1 unspecified atom stereocenters. The van der Waals surface area contributed by atoms with Gasteiger partial charge in [-0.3, -0.25) is 0 Å². The largest absolute Gasteiger partial charge is 0.497 e. The number of thioether (sulfide) groups is 1. The summed E-state index contributed by atoms with van der Waals surface area (Å²) in [5, 5.41) is 2.40. The highest BCUT2D eigenvalue weighted by Gasteiger charge is 2.47. The van der Waals surface area contributed by atoms with Gasteiger partial charge in [-0.1, -0.05) is 92.7 Å². The highest BCUT2D eigenvalue weighted by Crippen LogP contribution is 2.61. The number of anilines is 1. The van der Waals surface area contributed by atoms with Crippen molar-refractivity contribution in [3.05, 3.63) is 149 Å². The number of benzene rings is 6. The Bertz CT molecular complexity index is 2340. The first-order chi connectivity index (χ1) is 26.0. The van der Waals surface area contributed by atoms with Crippen molar-refractivity contribution in [1.82, 2.24) is 0 Å². The van der Waals surface area contributed by atoms with Crippen LogP contribution in [0, 0.1) is 0 Å². The molecule has 1 aliphatic carbocycles. The van der Waals surface area contributed by atoms with Crippen LogP contribution in [0.4, 0.5) is 5.69 Å². The number of methoxy groups -OCH3 is 1. The smallest absolute Gasteiger partial charge is 0.178 e. The van der Waals surface area contributed by atoms with E-state index in [1.807, 2.05) is 12.1 Å². The normalized spacial score (nSPS) is 18.3. The summed E-state index contributed by atoms with van der Waals surface area (Å²) in [5.41, 5.74) is 11.5. The molecule has 0 N–H and O–H groups in total. The molecule has 0 amide bonds. The van der Waals surface area contributed by atoms with Gasteiger partial charge in [0.05, 0.1) is 20.3 Å². The maximum atomic E-state index is 7.69. The Hall–Kier alpha value is -4.97. The van der Waals surface area contributed by atoms with E-state index in [2.05, 4.69) is 140 Å². The highest BCUT2D eigenvalue weighted by atomic mass is 32.2. The van der Waals surface area contributed by atoms with Gasteiger partial charge in [0.1, 0.15) is 11.5 Å². The third kappa shape index (κ3) is 5.31. The average molecular weight is 716 g/mol. The number of hydrogen-bond acceptors (Lipinski definition) is 5. The maximum Gasteiger partial charge on any atom is 0.178 e. The molecule has 0 bridgehead atoms. The average Bonchev–Trinajstić information content (AvgIpc) is 3.54. The minimum absolute atomic E-state index is 0.167. The fraction of sp³-hybridized carbons (Fsp3) is 0.250. The van der Waals surface area contributed by atoms with Crippen molar-refractivity contribution in [2.45, 2.75) is 42.6 Å². The second-order valence-corrected chi connectivity index (χ2v) is 15.2. The zero-order chi connectivity index (χ0) is 36.2. The second kappa shape index (κ2) is 13.5. The van der Waals surface area contributed by atoms with Crippen LogP contribution in [0.5, 0.6) is 11.5 Å². The van der Waals surface area contributed by atoms with E-state index in [1.54, 1.807) is 18.9 Å². The van der Waals surface area contributed by atoms with Crippen LogP contribution in [-0.2, 0) is 15.8 Å². The highest BCUT2D eigenvalue weighted by molar-refractivity contribution is 7.98. The Balaban J connectivity index is 1.28. The molecule has 6 aromatic rings. The summed E-state index contributed by atoms with van der Waals surface area (Å²) in [5.74, 6) is 1.77. The van der Waals surface area contributed by atoms with Gasteiger partial charge in [-0.2, -0.15) is 0 Å². The van der Waals surface area contributed by atoms with Gasteiger partial charge in [-0.25, -0.2) is 0 Å². The summed E-state index contributed by atoms with van der Waals surface area (Å²) in [6.45, 7) is 8.01. The Labute approximate surface area is 317 Å². The van der Waals surface area contributed by atoms with Crippen LogP contribution in [-0.4, -0.2) is 39.7 Å². The van der Waals surface area contributed by atoms with Crippen molar-refractivity contribution in [2.75, 3.05) is 44.6 Å². The van der Waals surface area contributed by atoms with Crippen LogP contribution in [0.2, 0.25) is 0 Å². The fourth-order valence-electron chi connectivity index (χ4n) is 9.17. The topological polar surface area (TPSA) is 30.9 Å². The van der Waals surface area contributed by atoms with Crippen molar-refractivity contribution >= 4 is 34.3 Å². The van der Waals surface area contributed by atoms with Gasteiger partial charge in [0.25, 0.3) is 0 Å². The molecule has 6 aromatic carbocycles. The molecular weight excluding hydrogens is 671 g/mol. The van der Waals surface area contributed by atoms with Crippen molar-refractivity contribution < 1.29 is 14.2 Å². The van der Waals surface area contributed by atoms with E-state index in [-0.39, 0.29) is 5.41 Å². The van der Waals surface area contributed by atoms with Gasteiger partial charge in [0.2, 0.25) is 0 Å². The number of rotatable bonds is 8. The van der Waals surface area contributed by atoms with Crippen molar-refractivity contribution in [1.29, 1.82) is 0 Å². The summed E-state index contributed by atoms with van der Waals surface area (Å²) in [7, 11) is 1.72. The SMILES string of the molecule is CCC1(CC)c2cc(-c3ccccc3)ccc2-c2c1c1c(c3cc(SC)ccc23)OC(c2ccc(OC)cc2)(c2ccc(N3CCOCC3)cc2)C=C1. The number of fused-ring (bicyclic) bond motifs is 8. The zero-order valence-corrected chi connectivity index (χ0v) is 31.8. The summed E-state index contributed by atoms with van der Waals surface area (Å²) >= 11 is 1.77. The Morgan fingerprint density at radius 2 is 1.47 bits per heavy atom. The zero-order valence-electron chi connectivity index (χ0n) is 30.9. The summed E-state index contributed by atoms with van der Waals surface area (Å²) in [4.78, 5) is 3.62. The lowest BCUT2D eigenvalue weighted by molar-refractivity contribution is 0.122. The molecule has 1 atom stereocenters. The minimum atomic E-state index is -0.855. The van der Waals surface area contributed by atoms with Crippen LogP contribution in [0.25, 0.3) is 39.1 Å². The van der Waals surface area contributed by atoms with Crippen LogP contribution in [0.3, 0.4) is 0 Å². The molecule has 1 saturated heterocycles. The molecule has 5 heteroatoms. The molecule has 9 rings (SSSR count). The van der Waals surface area contributed by atoms with Crippen LogP contribution in [0.1, 0.15) is 54.5 Å². The second-order valence-electron chi connectivity index (χ2n) is 14.4. The van der Waals surface area contributed by atoms with Gasteiger partial charge in [0.15, 0.2) is 5.60 Å². The van der Waals surface area contributed by atoms with E-state index in [1.165, 1.54) is 54.9 Å². The molecule has 0 saturated carbocycles. The van der Waals surface area contributed by atoms with Gasteiger partial charge >= 0.3 is 0 Å². The third-order valence-electron chi connectivity index (χ3n) is 12.0. The van der Waals surface area contributed by atoms with Crippen molar-refractivity contribution in [3.63, 3.8) is 0 Å². The van der Waals surface area contributed by atoms with Crippen molar-refractivity contribution in [3.8, 4) is 33.8 Å². The van der Waals surface area contributed by atoms with E-state index >= 15 is 0 Å². The summed E-state index contributed by atoms with van der Waals surface area (Å²) in [6, 6.07) is 42.2. The molecule has 0 spiro atoms. The number of ether oxygens (including phenoxy) is 3. The predicted octanol–water partition coefficient (Wildman–Crippen LogP) is 11.5. The molecule has 53 heavy (non-hydrogen) atoms. The van der Waals surface area contributed by atoms with E-state index in [9.17, 15) is 0 Å². The fourth-order valence-corrected chi connectivity index (χ4v) is 9.61. The van der Waals surface area contributed by atoms with Gasteiger partial charge in [-0.15, -0.1) is 11.8 Å². The Morgan fingerprint density at radius 1 is 0.755 bits per heavy atom. The van der Waals surface area contributed by atoms with E-state index in [4.69, 9.17) is 14.2 Å². The Kier molecular flexibility index (Phi) is 8.60. The quantitative estimate of drug-likeness (QED) is 0.146. The minimum Gasteiger partial charge on any atom is -0.497 e. The third-order valence-corrected chi connectivity index (χ3v) is 12.8. The van der Waals surface area contributed by atoms with Gasteiger partial charge in [0, 0.05) is 51.2 Å². The number of morpholine rings is 1. The van der Waals surface area contributed by atoms with E-state index in [0.29, 0.717) is 0 Å². The first kappa shape index (κ1) is 33.8. The molecule has 0 radical (unpaired) electrons. The number of nitrogens with zero attached hydrogens (tertiary/aromatic N) is 1. The molecule has 2 aliphatic heterocycles. The molecule has 0 aromatic heterocycles. The van der Waals surface area contributed by atoms with Crippen molar-refractivity contribution in [2.24, 2.45) is 0 Å². The molecule has 266 valence electrons. The van der Waals surface area contributed by atoms with Gasteiger partial charge in [-0.05, 0) is 106 Å². The molecule has 2 heterocycles. The van der Waals surface area contributed by atoms with E-state index in [0.717, 1.165) is 67.2 Å². The predicted molar refractivity (Wildman–Crippen MR) is 221 cm³/mol. The van der Waals surface area contributed by atoms with Crippen LogP contribution < -0.4 is 14.4 Å². The first-order valence-corrected chi connectivity index (χ1v) is 20.1. The standard InChI is InChI=1S/C48H45NO3S/c1-5-47(6-2)43-30-33(32-10-8-7-9-11-32)12-22-40(43)44-39-23-21-38(53-4)31-42(39)46-41(45(44)47)24-25-48(52-46,35-15-19-37(50-3)20-16-35)34-13-17-36(18-14-34)49-26-28-51-29-27-49/h7-25,30-31H,5-6,26-29H2,1-4H3. The lowest BCUT2D eigenvalue weighted by Gasteiger charge is -2.39. The first-order valence-electron chi connectivity index (χ1n) is 18.9. The van der Waals surface area contributed by atoms with Crippen LogP contribution >= 0.6 is 11.8 Å². The lowest BCUT2D eigenvalue weighted by atomic mass is 9.70. The molecule has 3 aliphatic rings. The summed E-state index contributed by atoms with van der Waals surface area (Å²) < 4.78 is 18.9. The van der Waals surface area contributed by atoms with E-state index < -0.39 is 5.60 Å². The monoisotopic (exact) mass is 715 g/mol. The number of hydrogen-bond donors (Lipinski definition) is 0. The molecular formula is C48H45NO3S. The summed E-state index contributed by atoms with van der Waals surface area (Å²) in [6.07, 6.45) is 8.82. The maximum absolute atomic E-state index is 7.69. The van der Waals surface area contributed by atoms with Gasteiger partial charge < -0.3 is 19.1 Å². The lowest BCUT2D eigenvalue weighted by Crippen LogP contribution is -2.37. The molecule has 1 fully saturated rings. The van der Waals surface area contributed by atoms with Crippen LogP contribution in [0.15, 0.2) is 126 Å².